The van der Waals surface area contributed by atoms with Gasteiger partial charge >= 0.3 is 16.5 Å². The number of nitrogens with two attached hydrogens (primary N) is 1. The van der Waals surface area contributed by atoms with E-state index >= 15 is 0 Å². The van der Waals surface area contributed by atoms with Crippen LogP contribution in [0.4, 0.5) is 0 Å². The average molecular weight is 345 g/mol. The highest BCUT2D eigenvalue weighted by Gasteiger charge is 2.11. The number of hydrogen-bond acceptors (Lipinski definition) is 7. The molecule has 0 heterocycles. The molecule has 2 N–H and O–H groups in total. The second kappa shape index (κ2) is 15.2. The summed E-state index contributed by atoms with van der Waals surface area (Å²) in [5.41, 5.74) is 5.52. The van der Waals surface area contributed by atoms with Crippen LogP contribution in [-0.4, -0.2) is 33.0 Å². The van der Waals surface area contributed by atoms with E-state index in [4.69, 9.17) is 23.8 Å². The zero-order chi connectivity index (χ0) is 15.9. The van der Waals surface area contributed by atoms with Gasteiger partial charge in [0.25, 0.3) is 0 Å². The summed E-state index contributed by atoms with van der Waals surface area (Å²) in [6.07, 6.45) is 3.35. The topological polar surface area (TPSA) is 97.1 Å². The van der Waals surface area contributed by atoms with Crippen LogP contribution in [0.25, 0.3) is 0 Å². The van der Waals surface area contributed by atoms with Crippen LogP contribution in [0, 0.1) is 5.92 Å². The van der Waals surface area contributed by atoms with Gasteiger partial charge in [-0.3, -0.25) is 9.13 Å². The zero-order valence-electron chi connectivity index (χ0n) is 13.0. The average Bonchev–Trinajstić information content (AvgIpc) is 2.44. The second-order valence-electron chi connectivity index (χ2n) is 4.44. The van der Waals surface area contributed by atoms with Gasteiger partial charge in [0.05, 0.1) is 26.4 Å². The van der Waals surface area contributed by atoms with E-state index in [1.54, 1.807) is 13.8 Å². The van der Waals surface area contributed by atoms with Crippen molar-refractivity contribution in [2.45, 2.75) is 39.5 Å². The summed E-state index contributed by atoms with van der Waals surface area (Å²) in [6, 6.07) is 0. The molecular formula is C12H29NO6P2. The Kier molecular flexibility index (Phi) is 15.4. The van der Waals surface area contributed by atoms with Crippen LogP contribution in [0.3, 0.4) is 0 Å². The van der Waals surface area contributed by atoms with Gasteiger partial charge in [0, 0.05) is 0 Å². The highest BCUT2D eigenvalue weighted by Crippen LogP contribution is 2.27. The van der Waals surface area contributed by atoms with Gasteiger partial charge in [0.1, 0.15) is 0 Å². The third-order valence-electron chi connectivity index (χ3n) is 2.83. The molecule has 2 unspecified atom stereocenters. The lowest BCUT2D eigenvalue weighted by molar-refractivity contribution is 0.192. The van der Waals surface area contributed by atoms with Crippen molar-refractivity contribution in [2.24, 2.45) is 11.7 Å². The second-order valence-corrected chi connectivity index (χ2v) is 6.59. The lowest BCUT2D eigenvalue weighted by Gasteiger charge is -2.16. The predicted molar refractivity (Wildman–Crippen MR) is 84.2 cm³/mol. The third kappa shape index (κ3) is 13.6. The molecule has 9 heteroatoms. The maximum Gasteiger partial charge on any atom is 0.319 e. The molecule has 2 atom stereocenters. The molecule has 0 fully saturated rings. The molecule has 0 aromatic rings. The fraction of sp³-hybridized carbons (Fsp3) is 1.00. The molecule has 0 aromatic carbocycles. The van der Waals surface area contributed by atoms with Crippen LogP contribution in [-0.2, 0) is 27.2 Å². The van der Waals surface area contributed by atoms with Gasteiger partial charge in [-0.25, -0.2) is 0 Å². The van der Waals surface area contributed by atoms with Crippen LogP contribution in [0.1, 0.15) is 39.5 Å². The summed E-state index contributed by atoms with van der Waals surface area (Å²) < 4.78 is 42.5. The van der Waals surface area contributed by atoms with E-state index in [9.17, 15) is 9.13 Å². The van der Waals surface area contributed by atoms with E-state index in [0.717, 1.165) is 25.7 Å². The largest absolute Gasteiger partial charge is 0.330 e. The SMILES string of the molecule is CCO[PH](=O)OCCC(CCCN)CCO[PH](=O)OCC. The van der Waals surface area contributed by atoms with Crippen molar-refractivity contribution in [3.63, 3.8) is 0 Å². The Morgan fingerprint density at radius 2 is 1.33 bits per heavy atom. The minimum Gasteiger partial charge on any atom is -0.330 e. The molecule has 0 aliphatic heterocycles. The molecule has 0 aliphatic carbocycles. The summed E-state index contributed by atoms with van der Waals surface area (Å²) in [5, 5.41) is 0. The molecule has 0 saturated carbocycles. The van der Waals surface area contributed by atoms with Gasteiger partial charge in [0.15, 0.2) is 0 Å². The van der Waals surface area contributed by atoms with E-state index in [-0.39, 0.29) is 0 Å². The van der Waals surface area contributed by atoms with Crippen molar-refractivity contribution in [3.05, 3.63) is 0 Å². The Labute approximate surface area is 128 Å². The van der Waals surface area contributed by atoms with Crippen molar-refractivity contribution in [3.8, 4) is 0 Å². The van der Waals surface area contributed by atoms with Crippen LogP contribution in [0.2, 0.25) is 0 Å². The third-order valence-corrected chi connectivity index (χ3v) is 4.76. The molecule has 0 rings (SSSR count). The van der Waals surface area contributed by atoms with Gasteiger partial charge in [-0.2, -0.15) is 0 Å². The van der Waals surface area contributed by atoms with Gasteiger partial charge in [0.2, 0.25) is 0 Å². The maximum absolute atomic E-state index is 11.3. The van der Waals surface area contributed by atoms with Crippen molar-refractivity contribution >= 4 is 16.5 Å². The summed E-state index contributed by atoms with van der Waals surface area (Å²) >= 11 is 0. The molecule has 0 amide bonds. The van der Waals surface area contributed by atoms with Crippen LogP contribution in [0.5, 0.6) is 0 Å². The van der Waals surface area contributed by atoms with Crippen LogP contribution in [0.15, 0.2) is 0 Å². The van der Waals surface area contributed by atoms with Crippen molar-refractivity contribution in [2.75, 3.05) is 33.0 Å². The first-order valence-electron chi connectivity index (χ1n) is 7.43. The molecule has 128 valence electrons. The van der Waals surface area contributed by atoms with Gasteiger partial charge in [-0.1, -0.05) is 0 Å². The smallest absolute Gasteiger partial charge is 0.319 e. The molecule has 0 aliphatic rings. The molecular weight excluding hydrogens is 316 g/mol. The first kappa shape index (κ1) is 21.3. The maximum atomic E-state index is 11.3. The molecule has 0 radical (unpaired) electrons. The summed E-state index contributed by atoms with van der Waals surface area (Å²) in [5.74, 6) is 0.335. The van der Waals surface area contributed by atoms with E-state index in [1.807, 2.05) is 0 Å². The first-order valence-corrected chi connectivity index (χ1v) is 9.88. The van der Waals surface area contributed by atoms with E-state index in [2.05, 4.69) is 0 Å². The minimum atomic E-state index is -2.37. The Morgan fingerprint density at radius 1 is 0.857 bits per heavy atom. The van der Waals surface area contributed by atoms with Crippen molar-refractivity contribution < 1.29 is 27.2 Å². The molecule has 0 saturated heterocycles. The highest BCUT2D eigenvalue weighted by molar-refractivity contribution is 7.33. The Bertz CT molecular complexity index is 269. The minimum absolute atomic E-state index is 0.335. The molecule has 0 aromatic heterocycles. The summed E-state index contributed by atoms with van der Waals surface area (Å²) in [6.45, 7) is 5.70. The van der Waals surface area contributed by atoms with Gasteiger partial charge in [-0.15, -0.1) is 0 Å². The lowest BCUT2D eigenvalue weighted by Crippen LogP contribution is -2.10. The van der Waals surface area contributed by atoms with Crippen molar-refractivity contribution in [1.29, 1.82) is 0 Å². The summed E-state index contributed by atoms with van der Waals surface area (Å²) in [4.78, 5) is 0. The van der Waals surface area contributed by atoms with Gasteiger partial charge < -0.3 is 23.8 Å². The van der Waals surface area contributed by atoms with E-state index < -0.39 is 16.5 Å². The molecule has 0 bridgehead atoms. The van der Waals surface area contributed by atoms with Crippen LogP contribution >= 0.6 is 16.5 Å². The monoisotopic (exact) mass is 345 g/mol. The first-order chi connectivity index (χ1) is 10.1. The number of hydrogen-bond donors (Lipinski definition) is 1. The quantitative estimate of drug-likeness (QED) is 0.456. The van der Waals surface area contributed by atoms with E-state index in [1.165, 1.54) is 0 Å². The normalized spacial score (nSPS) is 15.8. The molecule has 7 nitrogen and oxygen atoms in total. The van der Waals surface area contributed by atoms with Gasteiger partial charge in [-0.05, 0) is 52.0 Å². The Hall–Kier alpha value is 0.260. The Balaban J connectivity index is 3.90. The lowest BCUT2D eigenvalue weighted by atomic mass is 9.97. The van der Waals surface area contributed by atoms with Crippen LogP contribution < -0.4 is 5.73 Å². The van der Waals surface area contributed by atoms with E-state index in [0.29, 0.717) is 38.9 Å². The Morgan fingerprint density at radius 3 is 1.71 bits per heavy atom. The molecule has 21 heavy (non-hydrogen) atoms. The fourth-order valence-corrected chi connectivity index (χ4v) is 2.98. The standard InChI is InChI=1S/C12H29NO6P2/c1-3-16-20(14)18-10-7-12(6-5-9-13)8-11-19-21(15)17-4-2/h12,20-21H,3-11,13H2,1-2H3. The summed E-state index contributed by atoms with van der Waals surface area (Å²) in [7, 11) is -4.74. The predicted octanol–water partition coefficient (Wildman–Crippen LogP) is 3.01. The number of rotatable bonds is 15. The molecule has 0 spiro atoms. The zero-order valence-corrected chi connectivity index (χ0v) is 15.0. The highest BCUT2D eigenvalue weighted by atomic mass is 31.1. The van der Waals surface area contributed by atoms with Crippen molar-refractivity contribution in [1.82, 2.24) is 0 Å². The fourth-order valence-electron chi connectivity index (χ4n) is 1.78.